The van der Waals surface area contributed by atoms with E-state index in [-0.39, 0.29) is 30.1 Å². The Bertz CT molecular complexity index is 562. The topological polar surface area (TPSA) is 53.6 Å². The van der Waals surface area contributed by atoms with Crippen molar-refractivity contribution in [3.8, 4) is 5.75 Å². The Labute approximate surface area is 153 Å². The molecule has 0 spiro atoms. The molecule has 2 N–H and O–H groups in total. The van der Waals surface area contributed by atoms with Crippen molar-refractivity contribution < 1.29 is 18.3 Å². The normalized spacial score (nSPS) is 17.9. The fourth-order valence-corrected chi connectivity index (χ4v) is 3.06. The van der Waals surface area contributed by atoms with Gasteiger partial charge in [0.05, 0.1) is 0 Å². The van der Waals surface area contributed by atoms with E-state index in [4.69, 9.17) is 0 Å². The zero-order valence-corrected chi connectivity index (χ0v) is 15.6. The van der Waals surface area contributed by atoms with Crippen LogP contribution in [0.3, 0.4) is 0 Å². The minimum absolute atomic E-state index is 0. The Balaban J connectivity index is 0.00000312. The number of hydrogen-bond donors (Lipinski definition) is 2. The van der Waals surface area contributed by atoms with Crippen LogP contribution in [0.2, 0.25) is 0 Å². The SMILES string of the molecule is CCCN1CCNC[C@H]1C(=O)Nc1c(C)cc(OC(F)F)cc1C.Cl. The molecule has 8 heteroatoms. The average molecular weight is 378 g/mol. The molecular weight excluding hydrogens is 352 g/mol. The van der Waals surface area contributed by atoms with Gasteiger partial charge in [0.15, 0.2) is 0 Å². The summed E-state index contributed by atoms with van der Waals surface area (Å²) in [7, 11) is 0. The number of halogens is 3. The summed E-state index contributed by atoms with van der Waals surface area (Å²) in [5.74, 6) is 0.0225. The fraction of sp³-hybridized carbons (Fsp3) is 0.588. The van der Waals surface area contributed by atoms with E-state index >= 15 is 0 Å². The van der Waals surface area contributed by atoms with Crippen molar-refractivity contribution in [3.05, 3.63) is 23.3 Å². The minimum atomic E-state index is -2.86. The van der Waals surface area contributed by atoms with Gasteiger partial charge in [-0.05, 0) is 50.1 Å². The second-order valence-electron chi connectivity index (χ2n) is 6.06. The molecule has 1 fully saturated rings. The van der Waals surface area contributed by atoms with Gasteiger partial charge < -0.3 is 15.4 Å². The van der Waals surface area contributed by atoms with Gasteiger partial charge in [0.1, 0.15) is 11.8 Å². The van der Waals surface area contributed by atoms with Crippen molar-refractivity contribution in [2.45, 2.75) is 39.8 Å². The Hall–Kier alpha value is -1.44. The van der Waals surface area contributed by atoms with Crippen LogP contribution in [-0.4, -0.2) is 49.6 Å². The quantitative estimate of drug-likeness (QED) is 0.800. The first-order valence-corrected chi connectivity index (χ1v) is 8.24. The van der Waals surface area contributed by atoms with Crippen LogP contribution in [0.4, 0.5) is 14.5 Å². The predicted molar refractivity (Wildman–Crippen MR) is 96.9 cm³/mol. The molecule has 5 nitrogen and oxygen atoms in total. The summed E-state index contributed by atoms with van der Waals surface area (Å²) in [5.41, 5.74) is 2.05. The van der Waals surface area contributed by atoms with Gasteiger partial charge in [-0.3, -0.25) is 9.69 Å². The Morgan fingerprint density at radius 2 is 2.04 bits per heavy atom. The molecule has 2 rings (SSSR count). The molecule has 1 heterocycles. The zero-order valence-electron chi connectivity index (χ0n) is 14.8. The van der Waals surface area contributed by atoms with Gasteiger partial charge in [-0.15, -0.1) is 12.4 Å². The first kappa shape index (κ1) is 21.6. The number of piperazine rings is 1. The van der Waals surface area contributed by atoms with E-state index in [0.29, 0.717) is 23.4 Å². The summed E-state index contributed by atoms with van der Waals surface area (Å²) >= 11 is 0. The maximum Gasteiger partial charge on any atom is 0.387 e. The average Bonchev–Trinajstić information content (AvgIpc) is 2.51. The van der Waals surface area contributed by atoms with E-state index in [1.54, 1.807) is 13.8 Å². The molecule has 1 aliphatic heterocycles. The van der Waals surface area contributed by atoms with E-state index < -0.39 is 6.61 Å². The third kappa shape index (κ3) is 5.80. The Kier molecular flexibility index (Phi) is 8.55. The summed E-state index contributed by atoms with van der Waals surface area (Å²) in [5, 5.41) is 6.20. The number of nitrogens with zero attached hydrogens (tertiary/aromatic N) is 1. The van der Waals surface area contributed by atoms with Crippen molar-refractivity contribution in [3.63, 3.8) is 0 Å². The fourth-order valence-electron chi connectivity index (χ4n) is 3.06. The van der Waals surface area contributed by atoms with Crippen LogP contribution < -0.4 is 15.4 Å². The number of rotatable bonds is 6. The minimum Gasteiger partial charge on any atom is -0.435 e. The lowest BCUT2D eigenvalue weighted by atomic mass is 10.1. The van der Waals surface area contributed by atoms with Gasteiger partial charge in [0, 0.05) is 25.3 Å². The summed E-state index contributed by atoms with van der Waals surface area (Å²) in [4.78, 5) is 14.8. The van der Waals surface area contributed by atoms with Gasteiger partial charge in [0.25, 0.3) is 0 Å². The van der Waals surface area contributed by atoms with Gasteiger partial charge in [0.2, 0.25) is 5.91 Å². The summed E-state index contributed by atoms with van der Waals surface area (Å²) < 4.78 is 29.1. The van der Waals surface area contributed by atoms with E-state index in [1.807, 2.05) is 0 Å². The number of benzene rings is 1. The summed E-state index contributed by atoms with van der Waals surface area (Å²) in [6.07, 6.45) is 0.988. The number of alkyl halides is 2. The molecule has 1 aromatic rings. The van der Waals surface area contributed by atoms with Gasteiger partial charge in [-0.1, -0.05) is 6.92 Å². The first-order valence-electron chi connectivity index (χ1n) is 8.24. The maximum atomic E-state index is 12.7. The van der Waals surface area contributed by atoms with Gasteiger partial charge in [-0.25, -0.2) is 0 Å². The highest BCUT2D eigenvalue weighted by Gasteiger charge is 2.28. The third-order valence-corrected chi connectivity index (χ3v) is 4.15. The number of ether oxygens (including phenoxy) is 1. The van der Waals surface area contributed by atoms with E-state index in [1.165, 1.54) is 12.1 Å². The smallest absolute Gasteiger partial charge is 0.387 e. The molecule has 1 aliphatic rings. The third-order valence-electron chi connectivity index (χ3n) is 4.15. The summed E-state index contributed by atoms with van der Waals surface area (Å²) in [6, 6.07) is 2.80. The van der Waals surface area contributed by atoms with Crippen LogP contribution in [0.1, 0.15) is 24.5 Å². The number of anilines is 1. The largest absolute Gasteiger partial charge is 0.435 e. The molecule has 0 radical (unpaired) electrons. The second kappa shape index (κ2) is 9.89. The Morgan fingerprint density at radius 3 is 2.60 bits per heavy atom. The number of aryl methyl sites for hydroxylation is 2. The number of hydrogen-bond acceptors (Lipinski definition) is 4. The molecule has 25 heavy (non-hydrogen) atoms. The maximum absolute atomic E-state index is 12.7. The first-order chi connectivity index (χ1) is 11.4. The number of nitrogens with one attached hydrogen (secondary N) is 2. The van der Waals surface area contributed by atoms with Crippen molar-refractivity contribution in [1.29, 1.82) is 0 Å². The van der Waals surface area contributed by atoms with E-state index in [0.717, 1.165) is 26.1 Å². The van der Waals surface area contributed by atoms with E-state index in [2.05, 4.69) is 27.2 Å². The van der Waals surface area contributed by atoms with Crippen molar-refractivity contribution in [2.24, 2.45) is 0 Å². The van der Waals surface area contributed by atoms with Crippen LogP contribution in [0.15, 0.2) is 12.1 Å². The standard InChI is InChI=1S/C17H25F2N3O2.ClH/c1-4-6-22-7-5-20-10-14(22)16(23)21-15-11(2)8-13(9-12(15)3)24-17(18)19;/h8-9,14,17,20H,4-7,10H2,1-3H3,(H,21,23);1H/t14-;/m0./s1. The van der Waals surface area contributed by atoms with Crippen LogP contribution in [-0.2, 0) is 4.79 Å². The lowest BCUT2D eigenvalue weighted by Gasteiger charge is -2.35. The lowest BCUT2D eigenvalue weighted by molar-refractivity contribution is -0.121. The second-order valence-corrected chi connectivity index (χ2v) is 6.06. The highest BCUT2D eigenvalue weighted by atomic mass is 35.5. The number of amides is 1. The molecule has 0 aromatic heterocycles. The molecule has 1 saturated heterocycles. The predicted octanol–water partition coefficient (Wildman–Crippen LogP) is 2.95. The van der Waals surface area contributed by atoms with Crippen LogP contribution in [0.25, 0.3) is 0 Å². The molecule has 142 valence electrons. The molecule has 1 atom stereocenters. The van der Waals surface area contributed by atoms with Crippen molar-refractivity contribution >= 4 is 24.0 Å². The van der Waals surface area contributed by atoms with Crippen LogP contribution >= 0.6 is 12.4 Å². The molecule has 1 amide bonds. The molecule has 0 unspecified atom stereocenters. The molecule has 1 aromatic carbocycles. The highest BCUT2D eigenvalue weighted by Crippen LogP contribution is 2.27. The van der Waals surface area contributed by atoms with Gasteiger partial charge in [-0.2, -0.15) is 8.78 Å². The molecule has 0 aliphatic carbocycles. The zero-order chi connectivity index (χ0) is 17.7. The lowest BCUT2D eigenvalue weighted by Crippen LogP contribution is -2.56. The van der Waals surface area contributed by atoms with Gasteiger partial charge >= 0.3 is 6.61 Å². The number of carbonyl (C=O) groups is 1. The molecule has 0 bridgehead atoms. The monoisotopic (exact) mass is 377 g/mol. The highest BCUT2D eigenvalue weighted by molar-refractivity contribution is 5.96. The van der Waals surface area contributed by atoms with Crippen molar-refractivity contribution in [2.75, 3.05) is 31.5 Å². The molecule has 0 saturated carbocycles. The van der Waals surface area contributed by atoms with Crippen LogP contribution in [0, 0.1) is 13.8 Å². The van der Waals surface area contributed by atoms with Crippen LogP contribution in [0.5, 0.6) is 5.75 Å². The summed E-state index contributed by atoms with van der Waals surface area (Å²) in [6.45, 7) is 5.96. The van der Waals surface area contributed by atoms with Crippen molar-refractivity contribution in [1.82, 2.24) is 10.2 Å². The number of carbonyl (C=O) groups excluding carboxylic acids is 1. The van der Waals surface area contributed by atoms with E-state index in [9.17, 15) is 13.6 Å². The Morgan fingerprint density at radius 1 is 1.40 bits per heavy atom. The molecular formula is C17H26ClF2N3O2.